The number of sulfone groups is 1. The predicted molar refractivity (Wildman–Crippen MR) is 63.2 cm³/mol. The lowest BCUT2D eigenvalue weighted by molar-refractivity contribution is 0.00477. The first-order valence-corrected chi connectivity index (χ1v) is 7.15. The van der Waals surface area contributed by atoms with Crippen molar-refractivity contribution in [2.24, 2.45) is 0 Å². The molecule has 0 saturated carbocycles. The Hall–Kier alpha value is -0.390. The van der Waals surface area contributed by atoms with Crippen LogP contribution in [-0.2, 0) is 14.6 Å². The van der Waals surface area contributed by atoms with Crippen LogP contribution in [0.4, 0.5) is 0 Å². The minimum atomic E-state index is -3.05. The molecule has 0 bridgehead atoms. The van der Waals surface area contributed by atoms with Crippen LogP contribution < -0.4 is 0 Å². The fraction of sp³-hybridized carbons (Fsp3) is 0.818. The second kappa shape index (κ2) is 3.82. The van der Waals surface area contributed by atoms with Gasteiger partial charge in [0.25, 0.3) is 0 Å². The maximum atomic E-state index is 12.0. The summed E-state index contributed by atoms with van der Waals surface area (Å²) < 4.78 is 28.7. The van der Waals surface area contributed by atoms with E-state index in [2.05, 4.69) is 11.5 Å². The maximum absolute atomic E-state index is 12.0. The second-order valence-electron chi connectivity index (χ2n) is 4.94. The summed E-state index contributed by atoms with van der Waals surface area (Å²) in [6, 6.07) is 0.0545. The molecule has 16 heavy (non-hydrogen) atoms. The molecule has 2 fully saturated rings. The Balaban J connectivity index is 2.24. The molecule has 92 valence electrons. The van der Waals surface area contributed by atoms with Crippen molar-refractivity contribution in [3.8, 4) is 0 Å². The van der Waals surface area contributed by atoms with Gasteiger partial charge in [-0.2, -0.15) is 0 Å². The highest BCUT2D eigenvalue weighted by Crippen LogP contribution is 2.43. The van der Waals surface area contributed by atoms with E-state index in [1.165, 1.54) is 0 Å². The van der Waals surface area contributed by atoms with Crippen LogP contribution in [0.2, 0.25) is 0 Å². The van der Waals surface area contributed by atoms with Crippen molar-refractivity contribution in [2.45, 2.75) is 29.9 Å². The Kier molecular flexibility index (Phi) is 2.88. The molecule has 2 aliphatic heterocycles. The normalized spacial score (nSPS) is 37.6. The van der Waals surface area contributed by atoms with Gasteiger partial charge < -0.3 is 4.74 Å². The van der Waals surface area contributed by atoms with E-state index in [0.29, 0.717) is 13.2 Å². The third kappa shape index (κ3) is 1.45. The zero-order valence-corrected chi connectivity index (χ0v) is 10.7. The molecule has 0 unspecified atom stereocenters. The van der Waals surface area contributed by atoms with Crippen LogP contribution >= 0.6 is 0 Å². The molecule has 0 aromatic rings. The summed E-state index contributed by atoms with van der Waals surface area (Å²) >= 11 is 0. The van der Waals surface area contributed by atoms with Gasteiger partial charge >= 0.3 is 0 Å². The van der Waals surface area contributed by atoms with Gasteiger partial charge in [-0.05, 0) is 13.8 Å². The Labute approximate surface area is 97.2 Å². The third-order valence-corrected chi connectivity index (χ3v) is 6.66. The van der Waals surface area contributed by atoms with Crippen molar-refractivity contribution >= 4 is 9.84 Å². The zero-order valence-electron chi connectivity index (χ0n) is 9.85. The number of morpholine rings is 1. The molecule has 0 aromatic carbocycles. The van der Waals surface area contributed by atoms with E-state index in [1.807, 2.05) is 13.8 Å². The van der Waals surface area contributed by atoms with E-state index in [-0.39, 0.29) is 6.04 Å². The standard InChI is InChI=1S/C11H19NO3S/c1-4-9-10(11(2,3)16(9,13)14)12-5-7-15-8-6-12/h4,9-10H,1,5-8H2,2-3H3/t9-,10-/m0/s1. The van der Waals surface area contributed by atoms with Crippen LogP contribution in [0.3, 0.4) is 0 Å². The van der Waals surface area contributed by atoms with E-state index in [1.54, 1.807) is 6.08 Å². The lowest BCUT2D eigenvalue weighted by Gasteiger charge is -2.54. The fourth-order valence-corrected chi connectivity index (χ4v) is 4.98. The van der Waals surface area contributed by atoms with Crippen molar-refractivity contribution in [1.82, 2.24) is 4.90 Å². The van der Waals surface area contributed by atoms with Gasteiger partial charge in [0, 0.05) is 19.1 Å². The molecule has 2 saturated heterocycles. The van der Waals surface area contributed by atoms with Crippen LogP contribution in [0.25, 0.3) is 0 Å². The monoisotopic (exact) mass is 245 g/mol. The molecule has 2 heterocycles. The molecular weight excluding hydrogens is 226 g/mol. The average molecular weight is 245 g/mol. The number of ether oxygens (including phenoxy) is 1. The van der Waals surface area contributed by atoms with Crippen molar-refractivity contribution in [1.29, 1.82) is 0 Å². The van der Waals surface area contributed by atoms with Gasteiger partial charge in [-0.25, -0.2) is 8.42 Å². The summed E-state index contributed by atoms with van der Waals surface area (Å²) in [7, 11) is -3.05. The van der Waals surface area contributed by atoms with Gasteiger partial charge in [-0.1, -0.05) is 6.08 Å². The molecule has 0 aliphatic carbocycles. The minimum absolute atomic E-state index is 0.0545. The number of nitrogens with zero attached hydrogens (tertiary/aromatic N) is 1. The van der Waals surface area contributed by atoms with Gasteiger partial charge in [0.15, 0.2) is 9.84 Å². The number of hydrogen-bond donors (Lipinski definition) is 0. The van der Waals surface area contributed by atoms with Gasteiger partial charge in [-0.3, -0.25) is 4.90 Å². The predicted octanol–water partition coefficient (Wildman–Crippen LogP) is 0.449. The van der Waals surface area contributed by atoms with Crippen molar-refractivity contribution in [3.63, 3.8) is 0 Å². The van der Waals surface area contributed by atoms with Gasteiger partial charge in [0.05, 0.1) is 23.2 Å². The van der Waals surface area contributed by atoms with Gasteiger partial charge in [-0.15, -0.1) is 6.58 Å². The Bertz CT molecular complexity index is 382. The molecule has 4 nitrogen and oxygen atoms in total. The lowest BCUT2D eigenvalue weighted by atomic mass is 9.95. The molecule has 2 rings (SSSR count). The molecule has 2 aliphatic rings. The van der Waals surface area contributed by atoms with Crippen LogP contribution in [0.15, 0.2) is 12.7 Å². The van der Waals surface area contributed by atoms with E-state index < -0.39 is 19.8 Å². The highest BCUT2D eigenvalue weighted by molar-refractivity contribution is 7.95. The third-order valence-electron chi connectivity index (χ3n) is 3.79. The summed E-state index contributed by atoms with van der Waals surface area (Å²) in [6.07, 6.45) is 1.57. The van der Waals surface area contributed by atoms with Gasteiger partial charge in [0.2, 0.25) is 0 Å². The number of rotatable bonds is 2. The molecule has 2 atom stereocenters. The van der Waals surface area contributed by atoms with Crippen molar-refractivity contribution in [3.05, 3.63) is 12.7 Å². The summed E-state index contributed by atoms with van der Waals surface area (Å²) in [4.78, 5) is 2.22. The molecular formula is C11H19NO3S. The molecule has 5 heteroatoms. The molecule has 0 radical (unpaired) electrons. The van der Waals surface area contributed by atoms with E-state index >= 15 is 0 Å². The summed E-state index contributed by atoms with van der Waals surface area (Å²) in [5.41, 5.74) is 0. The van der Waals surface area contributed by atoms with E-state index in [9.17, 15) is 8.42 Å². The number of hydrogen-bond acceptors (Lipinski definition) is 4. The van der Waals surface area contributed by atoms with Crippen LogP contribution in [-0.4, -0.2) is 55.7 Å². The molecule has 0 N–H and O–H groups in total. The van der Waals surface area contributed by atoms with Gasteiger partial charge in [0.1, 0.15) is 0 Å². The maximum Gasteiger partial charge on any atom is 0.165 e. The highest BCUT2D eigenvalue weighted by Gasteiger charge is 2.62. The van der Waals surface area contributed by atoms with Crippen molar-refractivity contribution in [2.75, 3.05) is 26.3 Å². The van der Waals surface area contributed by atoms with Crippen LogP contribution in [0.5, 0.6) is 0 Å². The fourth-order valence-electron chi connectivity index (χ4n) is 2.77. The quantitative estimate of drug-likeness (QED) is 0.663. The Morgan fingerprint density at radius 3 is 2.44 bits per heavy atom. The largest absolute Gasteiger partial charge is 0.379 e. The van der Waals surface area contributed by atoms with Crippen molar-refractivity contribution < 1.29 is 13.2 Å². The average Bonchev–Trinajstić information content (AvgIpc) is 2.25. The summed E-state index contributed by atoms with van der Waals surface area (Å²) in [5.74, 6) is 0. The molecule has 0 amide bonds. The molecule has 0 spiro atoms. The van der Waals surface area contributed by atoms with E-state index in [0.717, 1.165) is 13.1 Å². The summed E-state index contributed by atoms with van der Waals surface area (Å²) in [5, 5.41) is -0.416. The second-order valence-corrected chi connectivity index (χ2v) is 7.63. The molecule has 0 aromatic heterocycles. The zero-order chi connectivity index (χ0) is 12.0. The van der Waals surface area contributed by atoms with Crippen LogP contribution in [0.1, 0.15) is 13.8 Å². The first-order valence-electron chi connectivity index (χ1n) is 5.60. The smallest absolute Gasteiger partial charge is 0.165 e. The highest BCUT2D eigenvalue weighted by atomic mass is 32.2. The first kappa shape index (κ1) is 12.1. The minimum Gasteiger partial charge on any atom is -0.379 e. The lowest BCUT2D eigenvalue weighted by Crippen LogP contribution is -2.73. The Morgan fingerprint density at radius 1 is 1.38 bits per heavy atom. The van der Waals surface area contributed by atoms with Crippen LogP contribution in [0, 0.1) is 0 Å². The first-order chi connectivity index (χ1) is 7.43. The Morgan fingerprint density at radius 2 is 1.94 bits per heavy atom. The van der Waals surface area contributed by atoms with E-state index in [4.69, 9.17) is 4.74 Å². The topological polar surface area (TPSA) is 46.6 Å². The SMILES string of the molecule is C=C[C@H]1[C@H](N2CCOCC2)C(C)(C)S1(=O)=O. The summed E-state index contributed by atoms with van der Waals surface area (Å²) in [6.45, 7) is 10.3.